The van der Waals surface area contributed by atoms with Crippen molar-refractivity contribution >= 4 is 5.97 Å². The second-order valence-electron chi connectivity index (χ2n) is 5.13. The first-order chi connectivity index (χ1) is 11.3. The summed E-state index contributed by atoms with van der Waals surface area (Å²) in [6, 6.07) is 0. The average molecular weight is 332 g/mol. The van der Waals surface area contributed by atoms with Crippen LogP contribution < -0.4 is 0 Å². The van der Waals surface area contributed by atoms with Crippen LogP contribution in [0.4, 0.5) is 0 Å². The molecule has 0 aliphatic carbocycles. The minimum absolute atomic E-state index is 0.232. The summed E-state index contributed by atoms with van der Waals surface area (Å²) in [4.78, 5) is 11.4. The Kier molecular flexibility index (Phi) is 18.3. The molecule has 6 heteroatoms. The van der Waals surface area contributed by atoms with E-state index in [2.05, 4.69) is 0 Å². The Morgan fingerprint density at radius 1 is 0.913 bits per heavy atom. The van der Waals surface area contributed by atoms with Gasteiger partial charge in [0.15, 0.2) is 0 Å². The van der Waals surface area contributed by atoms with E-state index in [1.807, 2.05) is 6.08 Å². The molecule has 136 valence electrons. The predicted octanol–water partition coefficient (Wildman–Crippen LogP) is 2.45. The number of unbranched alkanes of at least 4 members (excludes halogenated alkanes) is 5. The van der Waals surface area contributed by atoms with Gasteiger partial charge in [-0.1, -0.05) is 25.3 Å². The zero-order valence-corrected chi connectivity index (χ0v) is 14.3. The minimum Gasteiger partial charge on any atom is -0.462 e. The van der Waals surface area contributed by atoms with Crippen LogP contribution in [0.1, 0.15) is 44.9 Å². The first-order valence-electron chi connectivity index (χ1n) is 8.40. The highest BCUT2D eigenvalue weighted by atomic mass is 16.7. The number of allylic oxidation sites excluding steroid dienone is 1. The lowest BCUT2D eigenvalue weighted by molar-refractivity contribution is -0.138. The number of aliphatic hydroxyl groups excluding tert-OH is 1. The summed E-state index contributed by atoms with van der Waals surface area (Å²) >= 11 is 0. The lowest BCUT2D eigenvalue weighted by Gasteiger charge is -2.05. The third-order valence-electron chi connectivity index (χ3n) is 3.06. The molecule has 0 rings (SSSR count). The van der Waals surface area contributed by atoms with E-state index in [0.29, 0.717) is 32.8 Å². The van der Waals surface area contributed by atoms with Crippen molar-refractivity contribution in [2.45, 2.75) is 44.9 Å². The molecule has 0 aromatic carbocycles. The van der Waals surface area contributed by atoms with Gasteiger partial charge < -0.3 is 24.1 Å². The van der Waals surface area contributed by atoms with Crippen molar-refractivity contribution < 1.29 is 28.8 Å². The third-order valence-corrected chi connectivity index (χ3v) is 3.06. The molecular formula is C17H32O6. The Labute approximate surface area is 139 Å². The fourth-order valence-electron chi connectivity index (χ4n) is 1.78. The van der Waals surface area contributed by atoms with Crippen molar-refractivity contribution in [2.75, 3.05) is 46.9 Å². The SMILES string of the molecule is COCCOCOCCCOC(=O)C=CCCCCCCCO. The Hall–Kier alpha value is -0.950. The second-order valence-corrected chi connectivity index (χ2v) is 5.13. The van der Waals surface area contributed by atoms with Gasteiger partial charge in [0.25, 0.3) is 0 Å². The van der Waals surface area contributed by atoms with Crippen molar-refractivity contribution in [3.05, 3.63) is 12.2 Å². The van der Waals surface area contributed by atoms with E-state index in [1.54, 1.807) is 7.11 Å². The van der Waals surface area contributed by atoms with Crippen LogP contribution in [0.25, 0.3) is 0 Å². The van der Waals surface area contributed by atoms with Gasteiger partial charge in [-0.25, -0.2) is 4.79 Å². The number of esters is 1. The lowest BCUT2D eigenvalue weighted by atomic mass is 10.1. The van der Waals surface area contributed by atoms with Crippen molar-refractivity contribution in [3.8, 4) is 0 Å². The quantitative estimate of drug-likeness (QED) is 0.191. The molecule has 0 atom stereocenters. The van der Waals surface area contributed by atoms with Crippen LogP contribution >= 0.6 is 0 Å². The second kappa shape index (κ2) is 19.1. The molecule has 0 aliphatic heterocycles. The highest BCUT2D eigenvalue weighted by Gasteiger charge is 1.97. The molecule has 0 amide bonds. The van der Waals surface area contributed by atoms with Crippen LogP contribution in [-0.4, -0.2) is 58.0 Å². The molecule has 0 radical (unpaired) electrons. The fraction of sp³-hybridized carbons (Fsp3) is 0.824. The van der Waals surface area contributed by atoms with E-state index < -0.39 is 0 Å². The number of rotatable bonds is 17. The van der Waals surface area contributed by atoms with Gasteiger partial charge in [-0.05, 0) is 19.3 Å². The average Bonchev–Trinajstić information content (AvgIpc) is 2.56. The largest absolute Gasteiger partial charge is 0.462 e. The Morgan fingerprint density at radius 2 is 1.65 bits per heavy atom. The zero-order valence-electron chi connectivity index (χ0n) is 14.3. The zero-order chi connectivity index (χ0) is 17.0. The third kappa shape index (κ3) is 19.0. The maximum atomic E-state index is 11.4. The van der Waals surface area contributed by atoms with Crippen LogP contribution in [0.3, 0.4) is 0 Å². The van der Waals surface area contributed by atoms with Crippen LogP contribution in [0.2, 0.25) is 0 Å². The number of carbonyl (C=O) groups excluding carboxylic acids is 1. The summed E-state index contributed by atoms with van der Waals surface area (Å²) in [5.41, 5.74) is 0. The number of methoxy groups -OCH3 is 1. The number of ether oxygens (including phenoxy) is 4. The van der Waals surface area contributed by atoms with Crippen LogP contribution in [0.15, 0.2) is 12.2 Å². The predicted molar refractivity (Wildman–Crippen MR) is 88.2 cm³/mol. The van der Waals surface area contributed by atoms with Gasteiger partial charge in [-0.15, -0.1) is 0 Å². The minimum atomic E-state index is -0.304. The molecule has 0 aromatic rings. The number of aliphatic hydroxyl groups is 1. The number of carbonyl (C=O) groups is 1. The van der Waals surface area contributed by atoms with Crippen molar-refractivity contribution in [2.24, 2.45) is 0 Å². The van der Waals surface area contributed by atoms with E-state index in [1.165, 1.54) is 6.08 Å². The van der Waals surface area contributed by atoms with E-state index in [4.69, 9.17) is 24.1 Å². The molecule has 0 bridgehead atoms. The topological polar surface area (TPSA) is 74.2 Å². The van der Waals surface area contributed by atoms with Crippen molar-refractivity contribution in [3.63, 3.8) is 0 Å². The normalized spacial score (nSPS) is 11.2. The van der Waals surface area contributed by atoms with E-state index >= 15 is 0 Å². The molecule has 0 aromatic heterocycles. The standard InChI is InChI=1S/C17H32O6/c1-20-14-15-22-16-21-12-9-13-23-17(19)10-7-5-3-2-4-6-8-11-18/h7,10,18H,2-6,8-9,11-16H2,1H3. The maximum absolute atomic E-state index is 11.4. The fourth-order valence-corrected chi connectivity index (χ4v) is 1.78. The van der Waals surface area contributed by atoms with Gasteiger partial charge in [0, 0.05) is 26.2 Å². The first-order valence-corrected chi connectivity index (χ1v) is 8.40. The highest BCUT2D eigenvalue weighted by molar-refractivity contribution is 5.81. The number of hydrogen-bond donors (Lipinski definition) is 1. The van der Waals surface area contributed by atoms with E-state index in [9.17, 15) is 4.79 Å². The summed E-state index contributed by atoms with van der Waals surface area (Å²) in [6.45, 7) is 2.42. The molecule has 0 heterocycles. The molecule has 1 N–H and O–H groups in total. The molecule has 23 heavy (non-hydrogen) atoms. The van der Waals surface area contributed by atoms with Crippen molar-refractivity contribution in [1.82, 2.24) is 0 Å². The summed E-state index contributed by atoms with van der Waals surface area (Å²) in [5, 5.41) is 8.65. The van der Waals surface area contributed by atoms with E-state index in [-0.39, 0.29) is 19.4 Å². The number of hydrogen-bond acceptors (Lipinski definition) is 6. The molecule has 0 aliphatic rings. The molecular weight excluding hydrogens is 300 g/mol. The summed E-state index contributed by atoms with van der Waals surface area (Å²) in [7, 11) is 1.62. The Bertz CT molecular complexity index is 280. The summed E-state index contributed by atoms with van der Waals surface area (Å²) in [5.74, 6) is -0.304. The van der Waals surface area contributed by atoms with Gasteiger partial charge in [0.05, 0.1) is 26.4 Å². The highest BCUT2D eigenvalue weighted by Crippen LogP contribution is 2.05. The lowest BCUT2D eigenvalue weighted by Crippen LogP contribution is -2.09. The first kappa shape index (κ1) is 22.1. The molecule has 0 saturated heterocycles. The van der Waals surface area contributed by atoms with E-state index in [0.717, 1.165) is 38.5 Å². The Balaban J connectivity index is 3.25. The molecule has 0 unspecified atom stereocenters. The van der Waals surface area contributed by atoms with Crippen LogP contribution in [0, 0.1) is 0 Å². The van der Waals surface area contributed by atoms with Gasteiger partial charge in [-0.3, -0.25) is 0 Å². The molecule has 0 saturated carbocycles. The Morgan fingerprint density at radius 3 is 2.43 bits per heavy atom. The molecule has 0 spiro atoms. The monoisotopic (exact) mass is 332 g/mol. The summed E-state index contributed by atoms with van der Waals surface area (Å²) in [6.07, 6.45) is 10.2. The summed E-state index contributed by atoms with van der Waals surface area (Å²) < 4.78 is 20.2. The van der Waals surface area contributed by atoms with Gasteiger partial charge in [0.1, 0.15) is 6.79 Å². The van der Waals surface area contributed by atoms with Gasteiger partial charge in [0.2, 0.25) is 0 Å². The van der Waals surface area contributed by atoms with Crippen molar-refractivity contribution in [1.29, 1.82) is 0 Å². The molecule has 0 fully saturated rings. The van der Waals surface area contributed by atoms with Gasteiger partial charge in [-0.2, -0.15) is 0 Å². The van der Waals surface area contributed by atoms with Gasteiger partial charge >= 0.3 is 5.97 Å². The maximum Gasteiger partial charge on any atom is 0.330 e. The smallest absolute Gasteiger partial charge is 0.330 e. The van der Waals surface area contributed by atoms with Crippen LogP contribution in [-0.2, 0) is 23.7 Å². The molecule has 6 nitrogen and oxygen atoms in total. The van der Waals surface area contributed by atoms with Crippen LogP contribution in [0.5, 0.6) is 0 Å².